The van der Waals surface area contributed by atoms with E-state index in [1.54, 1.807) is 19.4 Å². The van der Waals surface area contributed by atoms with E-state index in [9.17, 15) is 9.18 Å². The Morgan fingerprint density at radius 1 is 1.21 bits per heavy atom. The lowest BCUT2D eigenvalue weighted by Gasteiger charge is -2.35. The minimum atomic E-state index is -0.325. The highest BCUT2D eigenvalue weighted by atomic mass is 19.1. The van der Waals surface area contributed by atoms with Crippen molar-refractivity contribution in [3.63, 3.8) is 0 Å². The Hall–Kier alpha value is -2.63. The van der Waals surface area contributed by atoms with Crippen LogP contribution in [0.3, 0.4) is 0 Å². The second-order valence-corrected chi connectivity index (χ2v) is 5.70. The summed E-state index contributed by atoms with van der Waals surface area (Å²) in [6.45, 7) is 2.30. The van der Waals surface area contributed by atoms with Gasteiger partial charge in [-0.15, -0.1) is 0 Å². The van der Waals surface area contributed by atoms with Gasteiger partial charge in [0.2, 0.25) is 5.91 Å². The van der Waals surface area contributed by atoms with E-state index in [2.05, 4.69) is 4.98 Å². The van der Waals surface area contributed by atoms with Crippen molar-refractivity contribution in [1.82, 2.24) is 9.88 Å². The van der Waals surface area contributed by atoms with Gasteiger partial charge in [0.05, 0.1) is 13.5 Å². The molecule has 1 fully saturated rings. The van der Waals surface area contributed by atoms with Crippen LogP contribution in [0.15, 0.2) is 42.6 Å². The van der Waals surface area contributed by atoms with Crippen molar-refractivity contribution in [3.8, 4) is 5.75 Å². The summed E-state index contributed by atoms with van der Waals surface area (Å²) in [5.74, 6) is 0.853. The SMILES string of the molecule is COc1cccc(CC(=O)N2CCN(c3ncccc3F)CC2)c1. The number of carbonyl (C=O) groups is 1. The average Bonchev–Trinajstić information content (AvgIpc) is 2.62. The highest BCUT2D eigenvalue weighted by molar-refractivity contribution is 5.79. The third-order valence-corrected chi connectivity index (χ3v) is 4.16. The van der Waals surface area contributed by atoms with Gasteiger partial charge in [0.25, 0.3) is 0 Å². The summed E-state index contributed by atoms with van der Waals surface area (Å²) in [5.41, 5.74) is 0.928. The summed E-state index contributed by atoms with van der Waals surface area (Å²) >= 11 is 0. The fourth-order valence-electron chi connectivity index (χ4n) is 2.85. The molecule has 1 amide bonds. The van der Waals surface area contributed by atoms with Gasteiger partial charge < -0.3 is 14.5 Å². The van der Waals surface area contributed by atoms with Gasteiger partial charge in [-0.2, -0.15) is 0 Å². The number of aromatic nitrogens is 1. The number of nitrogens with zero attached hydrogens (tertiary/aromatic N) is 3. The van der Waals surface area contributed by atoms with Crippen LogP contribution in [0.4, 0.5) is 10.2 Å². The monoisotopic (exact) mass is 329 g/mol. The Kier molecular flexibility index (Phi) is 4.93. The number of amides is 1. The van der Waals surface area contributed by atoms with Gasteiger partial charge in [-0.25, -0.2) is 9.37 Å². The second kappa shape index (κ2) is 7.29. The smallest absolute Gasteiger partial charge is 0.227 e. The van der Waals surface area contributed by atoms with Crippen LogP contribution in [0.1, 0.15) is 5.56 Å². The number of benzene rings is 1. The van der Waals surface area contributed by atoms with Crippen LogP contribution in [-0.4, -0.2) is 49.1 Å². The maximum Gasteiger partial charge on any atom is 0.227 e. The summed E-state index contributed by atoms with van der Waals surface area (Å²) in [6, 6.07) is 10.5. The molecule has 0 saturated carbocycles. The number of ether oxygens (including phenoxy) is 1. The van der Waals surface area contributed by atoms with Crippen LogP contribution in [0.5, 0.6) is 5.75 Å². The van der Waals surface area contributed by atoms with Crippen molar-refractivity contribution in [1.29, 1.82) is 0 Å². The molecule has 0 radical (unpaired) electrons. The van der Waals surface area contributed by atoms with Crippen LogP contribution >= 0.6 is 0 Å². The molecule has 1 aliphatic heterocycles. The predicted octanol–water partition coefficient (Wildman–Crippen LogP) is 2.12. The number of carbonyl (C=O) groups excluding carboxylic acids is 1. The third kappa shape index (κ3) is 3.64. The molecular weight excluding hydrogens is 309 g/mol. The molecule has 24 heavy (non-hydrogen) atoms. The van der Waals surface area contributed by atoms with Crippen LogP contribution in [0.25, 0.3) is 0 Å². The molecule has 0 N–H and O–H groups in total. The first-order valence-electron chi connectivity index (χ1n) is 7.93. The molecule has 1 aliphatic rings. The molecule has 2 aromatic rings. The van der Waals surface area contributed by atoms with E-state index in [-0.39, 0.29) is 11.7 Å². The lowest BCUT2D eigenvalue weighted by Crippen LogP contribution is -2.49. The zero-order valence-electron chi connectivity index (χ0n) is 13.6. The van der Waals surface area contributed by atoms with E-state index >= 15 is 0 Å². The highest BCUT2D eigenvalue weighted by Crippen LogP contribution is 2.18. The number of hydrogen-bond acceptors (Lipinski definition) is 4. The van der Waals surface area contributed by atoms with Crippen molar-refractivity contribution in [2.45, 2.75) is 6.42 Å². The van der Waals surface area contributed by atoms with Crippen LogP contribution in [-0.2, 0) is 11.2 Å². The fraction of sp³-hybridized carbons (Fsp3) is 0.333. The summed E-state index contributed by atoms with van der Waals surface area (Å²) in [6.07, 6.45) is 1.92. The number of piperazine rings is 1. The summed E-state index contributed by atoms with van der Waals surface area (Å²) in [7, 11) is 1.61. The molecule has 1 aromatic carbocycles. The fourth-order valence-corrected chi connectivity index (χ4v) is 2.85. The normalized spacial score (nSPS) is 14.6. The van der Waals surface area contributed by atoms with Gasteiger partial charge >= 0.3 is 0 Å². The maximum absolute atomic E-state index is 13.8. The van der Waals surface area contributed by atoms with Crippen molar-refractivity contribution >= 4 is 11.7 Å². The first-order chi connectivity index (χ1) is 11.7. The Labute approximate surface area is 140 Å². The Morgan fingerprint density at radius 3 is 2.71 bits per heavy atom. The molecule has 3 rings (SSSR count). The van der Waals surface area contributed by atoms with Gasteiger partial charge in [0.15, 0.2) is 11.6 Å². The van der Waals surface area contributed by atoms with E-state index in [1.807, 2.05) is 34.1 Å². The Bertz CT molecular complexity index is 715. The van der Waals surface area contributed by atoms with Gasteiger partial charge in [-0.05, 0) is 29.8 Å². The topological polar surface area (TPSA) is 45.7 Å². The van der Waals surface area contributed by atoms with Crippen LogP contribution < -0.4 is 9.64 Å². The summed E-state index contributed by atoms with van der Waals surface area (Å²) in [4.78, 5) is 20.2. The van der Waals surface area contributed by atoms with E-state index < -0.39 is 0 Å². The number of methoxy groups -OCH3 is 1. The first kappa shape index (κ1) is 16.2. The number of hydrogen-bond donors (Lipinski definition) is 0. The molecule has 0 atom stereocenters. The lowest BCUT2D eigenvalue weighted by atomic mass is 10.1. The van der Waals surface area contributed by atoms with Gasteiger partial charge in [-0.1, -0.05) is 12.1 Å². The lowest BCUT2D eigenvalue weighted by molar-refractivity contribution is -0.130. The largest absolute Gasteiger partial charge is 0.497 e. The number of pyridine rings is 1. The third-order valence-electron chi connectivity index (χ3n) is 4.16. The zero-order chi connectivity index (χ0) is 16.9. The molecule has 0 unspecified atom stereocenters. The standard InChI is InChI=1S/C18H20FN3O2/c1-24-15-5-2-4-14(12-15)13-17(23)21-8-10-22(11-9-21)18-16(19)6-3-7-20-18/h2-7,12H,8-11,13H2,1H3. The quantitative estimate of drug-likeness (QED) is 0.862. The first-order valence-corrected chi connectivity index (χ1v) is 7.93. The molecule has 1 aromatic heterocycles. The number of halogens is 1. The summed E-state index contributed by atoms with van der Waals surface area (Å²) < 4.78 is 19.0. The number of rotatable bonds is 4. The average molecular weight is 329 g/mol. The molecule has 126 valence electrons. The summed E-state index contributed by atoms with van der Waals surface area (Å²) in [5, 5.41) is 0. The highest BCUT2D eigenvalue weighted by Gasteiger charge is 2.23. The molecule has 1 saturated heterocycles. The zero-order valence-corrected chi connectivity index (χ0v) is 13.6. The van der Waals surface area contributed by atoms with Crippen molar-refractivity contribution in [2.24, 2.45) is 0 Å². The molecule has 0 spiro atoms. The molecule has 0 aliphatic carbocycles. The molecule has 0 bridgehead atoms. The van der Waals surface area contributed by atoms with Gasteiger partial charge in [0, 0.05) is 32.4 Å². The molecule has 6 heteroatoms. The Morgan fingerprint density at radius 2 is 2.00 bits per heavy atom. The second-order valence-electron chi connectivity index (χ2n) is 5.70. The van der Waals surface area contributed by atoms with E-state index in [0.717, 1.165) is 11.3 Å². The minimum absolute atomic E-state index is 0.0735. The van der Waals surface area contributed by atoms with E-state index in [0.29, 0.717) is 38.4 Å². The van der Waals surface area contributed by atoms with Crippen molar-refractivity contribution in [2.75, 3.05) is 38.2 Å². The van der Waals surface area contributed by atoms with E-state index in [4.69, 9.17) is 4.74 Å². The molecular formula is C18H20FN3O2. The van der Waals surface area contributed by atoms with Gasteiger partial charge in [0.1, 0.15) is 5.75 Å². The van der Waals surface area contributed by atoms with Crippen LogP contribution in [0, 0.1) is 5.82 Å². The Balaban J connectivity index is 1.58. The van der Waals surface area contributed by atoms with Crippen molar-refractivity contribution in [3.05, 3.63) is 54.0 Å². The number of anilines is 1. The minimum Gasteiger partial charge on any atom is -0.497 e. The maximum atomic E-state index is 13.8. The predicted molar refractivity (Wildman–Crippen MR) is 89.7 cm³/mol. The molecule has 5 nitrogen and oxygen atoms in total. The van der Waals surface area contributed by atoms with Gasteiger partial charge in [-0.3, -0.25) is 4.79 Å². The van der Waals surface area contributed by atoms with Crippen molar-refractivity contribution < 1.29 is 13.9 Å². The van der Waals surface area contributed by atoms with E-state index in [1.165, 1.54) is 6.07 Å². The van der Waals surface area contributed by atoms with Crippen LogP contribution in [0.2, 0.25) is 0 Å². The molecule has 2 heterocycles.